The molecule has 0 unspecified atom stereocenters. The first-order valence-corrected chi connectivity index (χ1v) is 12.3. The molecule has 3 heterocycles. The first-order chi connectivity index (χ1) is 15.2. The molecule has 0 aliphatic carbocycles. The summed E-state index contributed by atoms with van der Waals surface area (Å²) in [4.78, 5) is 35.2. The molecule has 1 aliphatic rings. The van der Waals surface area contributed by atoms with Gasteiger partial charge in [-0.05, 0) is 48.9 Å². The highest BCUT2D eigenvalue weighted by atomic mass is 32.1. The number of amides is 2. The Balaban J connectivity index is 1.30. The summed E-state index contributed by atoms with van der Waals surface area (Å²) in [5.41, 5.74) is 1.28. The number of benzene rings is 1. The minimum absolute atomic E-state index is 0.00906. The molecule has 0 spiro atoms. The van der Waals surface area contributed by atoms with Crippen molar-refractivity contribution in [2.45, 2.75) is 25.7 Å². The van der Waals surface area contributed by atoms with Crippen LogP contribution in [0.2, 0.25) is 0 Å². The average molecular weight is 455 g/mol. The molecule has 4 rings (SSSR count). The van der Waals surface area contributed by atoms with Crippen LogP contribution in [0.1, 0.15) is 34.5 Å². The highest BCUT2D eigenvalue weighted by Gasteiger charge is 2.21. The van der Waals surface area contributed by atoms with Crippen LogP contribution < -0.4 is 10.2 Å². The van der Waals surface area contributed by atoms with Gasteiger partial charge in [0.2, 0.25) is 5.91 Å². The molecule has 1 saturated heterocycles. The Labute approximate surface area is 190 Å². The lowest BCUT2D eigenvalue weighted by atomic mass is 10.1. The fourth-order valence-corrected chi connectivity index (χ4v) is 5.15. The molecule has 0 radical (unpaired) electrons. The van der Waals surface area contributed by atoms with Gasteiger partial charge in [0, 0.05) is 60.3 Å². The Morgan fingerprint density at radius 2 is 1.97 bits per heavy atom. The van der Waals surface area contributed by atoms with Gasteiger partial charge in [-0.15, -0.1) is 22.7 Å². The number of anilines is 2. The Bertz CT molecular complexity index is 989. The number of nitrogens with zero attached hydrogens (tertiary/aromatic N) is 3. The predicted octanol–water partition coefficient (Wildman–Crippen LogP) is 4.52. The van der Waals surface area contributed by atoms with Crippen LogP contribution in [0, 0.1) is 0 Å². The number of thiazole rings is 1. The van der Waals surface area contributed by atoms with Crippen molar-refractivity contribution in [1.82, 2.24) is 9.88 Å². The summed E-state index contributed by atoms with van der Waals surface area (Å²) in [6.45, 7) is 3.07. The molecule has 31 heavy (non-hydrogen) atoms. The number of carbonyl (C=O) groups excluding carboxylic acids is 2. The van der Waals surface area contributed by atoms with Crippen LogP contribution >= 0.6 is 22.7 Å². The van der Waals surface area contributed by atoms with E-state index in [0.717, 1.165) is 44.0 Å². The first kappa shape index (κ1) is 21.5. The topological polar surface area (TPSA) is 65.5 Å². The van der Waals surface area contributed by atoms with E-state index in [0.29, 0.717) is 24.2 Å². The number of carbonyl (C=O) groups is 2. The quantitative estimate of drug-likeness (QED) is 0.570. The van der Waals surface area contributed by atoms with Crippen molar-refractivity contribution in [3.05, 3.63) is 63.8 Å². The van der Waals surface area contributed by atoms with Crippen molar-refractivity contribution < 1.29 is 9.59 Å². The second-order valence-corrected chi connectivity index (χ2v) is 9.41. The number of rotatable bonds is 7. The van der Waals surface area contributed by atoms with Crippen LogP contribution in [0.4, 0.5) is 10.8 Å². The van der Waals surface area contributed by atoms with Gasteiger partial charge in [-0.25, -0.2) is 4.98 Å². The second-order valence-electron chi connectivity index (χ2n) is 7.51. The Morgan fingerprint density at radius 3 is 2.77 bits per heavy atom. The summed E-state index contributed by atoms with van der Waals surface area (Å²) in [6.07, 6.45) is 4.92. The van der Waals surface area contributed by atoms with Gasteiger partial charge in [-0.3, -0.25) is 9.59 Å². The second kappa shape index (κ2) is 10.5. The lowest BCUT2D eigenvalue weighted by Crippen LogP contribution is -2.35. The molecule has 0 atom stereocenters. The van der Waals surface area contributed by atoms with Crippen LogP contribution in [0.15, 0.2) is 53.4 Å². The third kappa shape index (κ3) is 5.92. The molecule has 162 valence electrons. The van der Waals surface area contributed by atoms with E-state index in [4.69, 9.17) is 0 Å². The molecular weight excluding hydrogens is 428 g/mol. The van der Waals surface area contributed by atoms with Gasteiger partial charge in [0.15, 0.2) is 5.13 Å². The van der Waals surface area contributed by atoms with Crippen molar-refractivity contribution in [2.75, 3.05) is 36.4 Å². The van der Waals surface area contributed by atoms with Gasteiger partial charge in [0.05, 0.1) is 0 Å². The molecule has 0 saturated carbocycles. The normalized spacial score (nSPS) is 14.3. The monoisotopic (exact) mass is 454 g/mol. The molecular formula is C23H26N4O2S2. The standard InChI is InChI=1S/C23H26N4O2S2/c28-21(9-2-7-20-8-3-15-30-20)25-19-6-1-5-18(17-19)22(29)26-11-4-12-27(14-13-26)23-24-10-16-31-23/h1,3,5-6,8,10,15-17H,2,4,7,9,11-14H2,(H,25,28). The Kier molecular flexibility index (Phi) is 7.32. The van der Waals surface area contributed by atoms with E-state index in [1.807, 2.05) is 40.7 Å². The Hall–Kier alpha value is -2.71. The van der Waals surface area contributed by atoms with Crippen LogP contribution in [-0.2, 0) is 11.2 Å². The number of hydrogen-bond donors (Lipinski definition) is 1. The van der Waals surface area contributed by atoms with E-state index >= 15 is 0 Å². The SMILES string of the molecule is O=C(CCCc1cccs1)Nc1cccc(C(=O)N2CCCN(c3nccs3)CC2)c1. The maximum absolute atomic E-state index is 13.1. The van der Waals surface area contributed by atoms with E-state index in [1.54, 1.807) is 28.7 Å². The summed E-state index contributed by atoms with van der Waals surface area (Å²) in [6, 6.07) is 11.4. The predicted molar refractivity (Wildman–Crippen MR) is 127 cm³/mol. The van der Waals surface area contributed by atoms with Crippen LogP contribution in [0.3, 0.4) is 0 Å². The number of nitrogens with one attached hydrogen (secondary N) is 1. The highest BCUT2D eigenvalue weighted by Crippen LogP contribution is 2.20. The molecule has 1 aliphatic heterocycles. The van der Waals surface area contributed by atoms with E-state index in [9.17, 15) is 9.59 Å². The van der Waals surface area contributed by atoms with Crippen LogP contribution in [-0.4, -0.2) is 47.9 Å². The average Bonchev–Trinajstić information content (AvgIpc) is 3.44. The fourth-order valence-electron chi connectivity index (χ4n) is 3.70. The number of aryl methyl sites for hydroxylation is 1. The molecule has 0 bridgehead atoms. The molecule has 1 N–H and O–H groups in total. The van der Waals surface area contributed by atoms with Crippen LogP contribution in [0.25, 0.3) is 0 Å². The zero-order valence-electron chi connectivity index (χ0n) is 17.3. The van der Waals surface area contributed by atoms with Crippen molar-refractivity contribution in [2.24, 2.45) is 0 Å². The van der Waals surface area contributed by atoms with Crippen molar-refractivity contribution in [1.29, 1.82) is 0 Å². The number of hydrogen-bond acceptors (Lipinski definition) is 6. The zero-order chi connectivity index (χ0) is 21.5. The molecule has 2 aromatic heterocycles. The zero-order valence-corrected chi connectivity index (χ0v) is 19.0. The van der Waals surface area contributed by atoms with Gasteiger partial charge in [0.25, 0.3) is 5.91 Å². The third-order valence-corrected chi connectivity index (χ3v) is 7.04. The summed E-state index contributed by atoms with van der Waals surface area (Å²) in [5, 5.41) is 7.98. The van der Waals surface area contributed by atoms with Gasteiger partial charge in [-0.1, -0.05) is 12.1 Å². The van der Waals surface area contributed by atoms with Crippen molar-refractivity contribution in [3.63, 3.8) is 0 Å². The number of aromatic nitrogens is 1. The summed E-state index contributed by atoms with van der Waals surface area (Å²) < 4.78 is 0. The highest BCUT2D eigenvalue weighted by molar-refractivity contribution is 7.13. The minimum atomic E-state index is -0.0185. The Morgan fingerprint density at radius 1 is 1.03 bits per heavy atom. The molecule has 8 heteroatoms. The van der Waals surface area contributed by atoms with Gasteiger partial charge in [0.1, 0.15) is 0 Å². The fraction of sp³-hybridized carbons (Fsp3) is 0.348. The molecule has 2 amide bonds. The van der Waals surface area contributed by atoms with Crippen molar-refractivity contribution >= 4 is 45.3 Å². The lowest BCUT2D eigenvalue weighted by molar-refractivity contribution is -0.116. The smallest absolute Gasteiger partial charge is 0.253 e. The molecule has 1 fully saturated rings. The van der Waals surface area contributed by atoms with E-state index < -0.39 is 0 Å². The van der Waals surface area contributed by atoms with Crippen molar-refractivity contribution in [3.8, 4) is 0 Å². The molecule has 3 aromatic rings. The summed E-state index contributed by atoms with van der Waals surface area (Å²) in [7, 11) is 0. The minimum Gasteiger partial charge on any atom is -0.346 e. The summed E-state index contributed by atoms with van der Waals surface area (Å²) >= 11 is 3.35. The number of thiophene rings is 1. The van der Waals surface area contributed by atoms with Gasteiger partial charge >= 0.3 is 0 Å². The van der Waals surface area contributed by atoms with Gasteiger partial charge < -0.3 is 15.1 Å². The van der Waals surface area contributed by atoms with E-state index in [2.05, 4.69) is 26.6 Å². The van der Waals surface area contributed by atoms with Crippen LogP contribution in [0.5, 0.6) is 0 Å². The summed E-state index contributed by atoms with van der Waals surface area (Å²) in [5.74, 6) is -0.00944. The maximum atomic E-state index is 13.1. The maximum Gasteiger partial charge on any atom is 0.253 e. The van der Waals surface area contributed by atoms with Gasteiger partial charge in [-0.2, -0.15) is 0 Å². The first-order valence-electron chi connectivity index (χ1n) is 10.5. The lowest BCUT2D eigenvalue weighted by Gasteiger charge is -2.22. The van der Waals surface area contributed by atoms with E-state index in [1.165, 1.54) is 4.88 Å². The molecule has 6 nitrogen and oxygen atoms in total. The van der Waals surface area contributed by atoms with E-state index in [-0.39, 0.29) is 11.8 Å². The molecule has 1 aromatic carbocycles. The largest absolute Gasteiger partial charge is 0.346 e. The third-order valence-electron chi connectivity index (χ3n) is 5.27.